The van der Waals surface area contributed by atoms with E-state index in [0.29, 0.717) is 11.4 Å². The highest BCUT2D eigenvalue weighted by atomic mass is 79.9. The first-order valence-electron chi connectivity index (χ1n) is 7.62. The van der Waals surface area contributed by atoms with Crippen molar-refractivity contribution in [1.82, 2.24) is 0 Å². The normalized spacial score (nSPS) is 12.2. The molecule has 0 N–H and O–H groups in total. The summed E-state index contributed by atoms with van der Waals surface area (Å²) in [5.74, 6) is 0. The van der Waals surface area contributed by atoms with Gasteiger partial charge in [0.15, 0.2) is 0 Å². The molecule has 0 unspecified atom stereocenters. The van der Waals surface area contributed by atoms with Crippen molar-refractivity contribution in [2.75, 3.05) is 0 Å². The van der Waals surface area contributed by atoms with Crippen LogP contribution in [0.1, 0.15) is 11.1 Å². The Morgan fingerprint density at radius 1 is 0.792 bits per heavy atom. The first-order chi connectivity index (χ1) is 11.7. The Morgan fingerprint density at radius 3 is 2.00 bits per heavy atom. The molecular formula is C21H16BrNO. The molecule has 0 aliphatic carbocycles. The summed E-state index contributed by atoms with van der Waals surface area (Å²) in [6.45, 7) is 0. The van der Waals surface area contributed by atoms with Crippen LogP contribution in [0.3, 0.4) is 0 Å². The van der Waals surface area contributed by atoms with Crippen LogP contribution in [0.2, 0.25) is 0 Å². The van der Waals surface area contributed by atoms with Crippen LogP contribution in [-0.4, -0.2) is 10.5 Å². The second kappa shape index (κ2) is 7.75. The molecule has 0 aromatic heterocycles. The molecular weight excluding hydrogens is 362 g/mol. The molecule has 3 heteroatoms. The van der Waals surface area contributed by atoms with Gasteiger partial charge < -0.3 is 5.21 Å². The maximum Gasteiger partial charge on any atom is 0.224 e. The van der Waals surface area contributed by atoms with E-state index in [0.717, 1.165) is 20.3 Å². The predicted molar refractivity (Wildman–Crippen MR) is 103 cm³/mol. The van der Waals surface area contributed by atoms with Gasteiger partial charge >= 0.3 is 0 Å². The molecule has 0 atom stereocenters. The maximum absolute atomic E-state index is 12.9. The van der Waals surface area contributed by atoms with Gasteiger partial charge in [0.1, 0.15) is 0 Å². The third-order valence-electron chi connectivity index (χ3n) is 3.58. The molecule has 0 bridgehead atoms. The van der Waals surface area contributed by atoms with E-state index in [1.165, 1.54) is 0 Å². The molecule has 0 radical (unpaired) electrons. The van der Waals surface area contributed by atoms with Crippen LogP contribution in [-0.2, 0) is 0 Å². The summed E-state index contributed by atoms with van der Waals surface area (Å²) in [6, 6.07) is 27.0. The summed E-state index contributed by atoms with van der Waals surface area (Å²) in [4.78, 5) is 0. The molecule has 118 valence electrons. The first-order valence-corrected chi connectivity index (χ1v) is 8.42. The summed E-state index contributed by atoms with van der Waals surface area (Å²) in [5, 5.41) is 12.9. The lowest BCUT2D eigenvalue weighted by molar-refractivity contribution is -0.359. The number of halogens is 1. The average Bonchev–Trinajstić information content (AvgIpc) is 2.64. The number of hydrogen-bond acceptors (Lipinski definition) is 1. The number of nitrogens with zero attached hydrogens (tertiary/aromatic N) is 1. The number of allylic oxidation sites excluding steroid dienone is 1. The molecule has 0 spiro atoms. The molecule has 0 saturated heterocycles. The van der Waals surface area contributed by atoms with Crippen molar-refractivity contribution in [3.63, 3.8) is 0 Å². The Balaban J connectivity index is 2.06. The lowest BCUT2D eigenvalue weighted by Crippen LogP contribution is -2.10. The fourth-order valence-electron chi connectivity index (χ4n) is 2.34. The van der Waals surface area contributed by atoms with Crippen molar-refractivity contribution < 1.29 is 4.74 Å². The van der Waals surface area contributed by atoms with Gasteiger partial charge in [-0.15, -0.1) is 0 Å². The highest BCUT2D eigenvalue weighted by Gasteiger charge is 2.12. The van der Waals surface area contributed by atoms with Crippen molar-refractivity contribution >= 4 is 33.4 Å². The summed E-state index contributed by atoms with van der Waals surface area (Å²) >= 11 is 3.40. The van der Waals surface area contributed by atoms with Crippen LogP contribution in [0.25, 0.3) is 6.08 Å². The Kier molecular flexibility index (Phi) is 5.24. The standard InChI is InChI=1S/C21H16BrNO/c22-19-12-14-20(15-13-19)23(24)21(18-9-5-2-6-10-18)16-11-17-7-3-1-4-8-17/h1-16H/b16-11+,23-21+. The SMILES string of the molecule is [O-]/[N+](=C(\C=C\c1ccccc1)c1ccccc1)c1ccc(Br)cc1. The molecule has 2 nitrogen and oxygen atoms in total. The predicted octanol–water partition coefficient (Wildman–Crippen LogP) is 5.79. The van der Waals surface area contributed by atoms with Crippen molar-refractivity contribution in [2.45, 2.75) is 0 Å². The van der Waals surface area contributed by atoms with Gasteiger partial charge in [-0.2, -0.15) is 4.74 Å². The topological polar surface area (TPSA) is 26.1 Å². The molecule has 24 heavy (non-hydrogen) atoms. The smallest absolute Gasteiger partial charge is 0.224 e. The summed E-state index contributed by atoms with van der Waals surface area (Å²) in [7, 11) is 0. The molecule has 0 aliphatic rings. The van der Waals surface area contributed by atoms with E-state index in [4.69, 9.17) is 0 Å². The van der Waals surface area contributed by atoms with Gasteiger partial charge in [0.05, 0.1) is 0 Å². The number of rotatable bonds is 4. The Labute approximate surface area is 150 Å². The monoisotopic (exact) mass is 377 g/mol. The summed E-state index contributed by atoms with van der Waals surface area (Å²) in [5.41, 5.74) is 3.12. The molecule has 3 rings (SSSR count). The fourth-order valence-corrected chi connectivity index (χ4v) is 2.61. The average molecular weight is 378 g/mol. The van der Waals surface area contributed by atoms with Gasteiger partial charge in [0.2, 0.25) is 11.4 Å². The number of benzene rings is 3. The first kappa shape index (κ1) is 16.2. The van der Waals surface area contributed by atoms with Crippen LogP contribution in [0.15, 0.2) is 95.5 Å². The third-order valence-corrected chi connectivity index (χ3v) is 4.11. The highest BCUT2D eigenvalue weighted by molar-refractivity contribution is 9.10. The molecule has 0 fully saturated rings. The minimum absolute atomic E-state index is 0.592. The van der Waals surface area contributed by atoms with Crippen molar-refractivity contribution in [2.24, 2.45) is 0 Å². The molecule has 0 aliphatic heterocycles. The number of hydrogen-bond donors (Lipinski definition) is 0. The molecule has 3 aromatic carbocycles. The second-order valence-corrected chi connectivity index (χ2v) is 6.18. The van der Waals surface area contributed by atoms with E-state index in [1.807, 2.05) is 84.9 Å². The molecule has 0 saturated carbocycles. The van der Waals surface area contributed by atoms with Crippen LogP contribution in [0, 0.1) is 5.21 Å². The van der Waals surface area contributed by atoms with Crippen LogP contribution in [0.4, 0.5) is 5.69 Å². The van der Waals surface area contributed by atoms with Crippen LogP contribution >= 0.6 is 15.9 Å². The van der Waals surface area contributed by atoms with Crippen LogP contribution < -0.4 is 0 Å². The van der Waals surface area contributed by atoms with E-state index >= 15 is 0 Å². The van der Waals surface area contributed by atoms with E-state index in [-0.39, 0.29) is 0 Å². The highest BCUT2D eigenvalue weighted by Crippen LogP contribution is 2.18. The lowest BCUT2D eigenvalue weighted by atomic mass is 10.1. The zero-order valence-electron chi connectivity index (χ0n) is 13.0. The summed E-state index contributed by atoms with van der Waals surface area (Å²) < 4.78 is 1.90. The third kappa shape index (κ3) is 4.00. The second-order valence-electron chi connectivity index (χ2n) is 5.27. The van der Waals surface area contributed by atoms with Crippen LogP contribution in [0.5, 0.6) is 0 Å². The van der Waals surface area contributed by atoms with Gasteiger partial charge in [-0.1, -0.05) is 64.5 Å². The summed E-state index contributed by atoms with van der Waals surface area (Å²) in [6.07, 6.45) is 3.81. The van der Waals surface area contributed by atoms with E-state index in [9.17, 15) is 5.21 Å². The molecule has 0 amide bonds. The Hall–Kier alpha value is -2.65. The largest absolute Gasteiger partial charge is 0.618 e. The quantitative estimate of drug-likeness (QED) is 0.244. The van der Waals surface area contributed by atoms with Gasteiger partial charge in [-0.25, -0.2) is 0 Å². The van der Waals surface area contributed by atoms with Crippen molar-refractivity contribution in [3.8, 4) is 0 Å². The van der Waals surface area contributed by atoms with Gasteiger partial charge in [-0.05, 0) is 35.9 Å². The van der Waals surface area contributed by atoms with E-state index < -0.39 is 0 Å². The molecule has 0 heterocycles. The Bertz CT molecular complexity index is 853. The van der Waals surface area contributed by atoms with E-state index in [1.54, 1.807) is 12.1 Å². The molecule has 3 aromatic rings. The van der Waals surface area contributed by atoms with Gasteiger partial charge in [-0.3, -0.25) is 0 Å². The fraction of sp³-hybridized carbons (Fsp3) is 0. The van der Waals surface area contributed by atoms with Gasteiger partial charge in [0.25, 0.3) is 0 Å². The van der Waals surface area contributed by atoms with Crippen molar-refractivity contribution in [1.29, 1.82) is 0 Å². The Morgan fingerprint density at radius 2 is 1.38 bits per heavy atom. The zero-order valence-corrected chi connectivity index (χ0v) is 14.6. The zero-order chi connectivity index (χ0) is 16.8. The van der Waals surface area contributed by atoms with E-state index in [2.05, 4.69) is 15.9 Å². The lowest BCUT2D eigenvalue weighted by Gasteiger charge is -2.08. The van der Waals surface area contributed by atoms with Crippen molar-refractivity contribution in [3.05, 3.63) is 112 Å². The van der Waals surface area contributed by atoms with Gasteiger partial charge in [0, 0.05) is 28.2 Å². The minimum atomic E-state index is 0.592. The maximum atomic E-state index is 12.9. The minimum Gasteiger partial charge on any atom is -0.618 e.